The Balaban J connectivity index is 2.31. The summed E-state index contributed by atoms with van der Waals surface area (Å²) < 4.78 is 4.71. The van der Waals surface area contributed by atoms with Crippen molar-refractivity contribution < 1.29 is 9.53 Å². The minimum Gasteiger partial charge on any atom is -0.469 e. The van der Waals surface area contributed by atoms with Crippen LogP contribution in [0.1, 0.15) is 39.0 Å². The van der Waals surface area contributed by atoms with Gasteiger partial charge in [-0.1, -0.05) is 6.92 Å². The van der Waals surface area contributed by atoms with Gasteiger partial charge in [0.05, 0.1) is 19.6 Å². The van der Waals surface area contributed by atoms with Crippen molar-refractivity contribution in [1.82, 2.24) is 0 Å². The molecule has 0 heterocycles. The summed E-state index contributed by atoms with van der Waals surface area (Å²) in [5, 5.41) is 9.08. The van der Waals surface area contributed by atoms with Gasteiger partial charge in [0.25, 0.3) is 0 Å². The summed E-state index contributed by atoms with van der Waals surface area (Å²) in [5.41, 5.74) is 0.181. The summed E-state index contributed by atoms with van der Waals surface area (Å²) in [5.74, 6) is 0.883. The van der Waals surface area contributed by atoms with Gasteiger partial charge >= 0.3 is 5.97 Å². The highest BCUT2D eigenvalue weighted by molar-refractivity contribution is 7.99. The normalized spacial score (nSPS) is 18.6. The van der Waals surface area contributed by atoms with Crippen LogP contribution in [0.15, 0.2) is 0 Å². The smallest absolute Gasteiger partial charge is 0.306 e. The Labute approximate surface area is 102 Å². The van der Waals surface area contributed by atoms with E-state index in [2.05, 4.69) is 13.0 Å². The van der Waals surface area contributed by atoms with Crippen LogP contribution in [-0.2, 0) is 9.53 Å². The number of hydrogen-bond acceptors (Lipinski definition) is 4. The summed E-state index contributed by atoms with van der Waals surface area (Å²) in [6, 6.07) is 2.21. The molecule has 1 atom stereocenters. The minimum absolute atomic E-state index is 0.105. The lowest BCUT2D eigenvalue weighted by Gasteiger charge is -2.16. The van der Waals surface area contributed by atoms with Crippen LogP contribution in [0, 0.1) is 16.7 Å². The first kappa shape index (κ1) is 13.4. The molecule has 4 heteroatoms. The van der Waals surface area contributed by atoms with Crippen molar-refractivity contribution in [2.24, 2.45) is 5.41 Å². The Morgan fingerprint density at radius 1 is 1.62 bits per heavy atom. The molecule has 16 heavy (non-hydrogen) atoms. The number of ether oxygens (including phenoxy) is 1. The highest BCUT2D eigenvalue weighted by Gasteiger charge is 2.44. The Hall–Kier alpha value is -0.690. The monoisotopic (exact) mass is 241 g/mol. The zero-order valence-electron chi connectivity index (χ0n) is 9.99. The molecule has 0 aliphatic heterocycles. The van der Waals surface area contributed by atoms with Gasteiger partial charge in [-0.25, -0.2) is 0 Å². The molecule has 1 unspecified atom stereocenters. The van der Waals surface area contributed by atoms with E-state index in [0.29, 0.717) is 18.1 Å². The molecule has 0 N–H and O–H groups in total. The van der Waals surface area contributed by atoms with Crippen molar-refractivity contribution in [3.63, 3.8) is 0 Å². The van der Waals surface area contributed by atoms with Crippen molar-refractivity contribution in [1.29, 1.82) is 5.26 Å². The molecule has 3 nitrogen and oxygen atoms in total. The van der Waals surface area contributed by atoms with Crippen molar-refractivity contribution in [3.8, 4) is 6.07 Å². The number of methoxy groups -OCH3 is 1. The van der Waals surface area contributed by atoms with Crippen LogP contribution < -0.4 is 0 Å². The second-order valence-corrected chi connectivity index (χ2v) is 5.75. The zero-order chi connectivity index (χ0) is 12.0. The van der Waals surface area contributed by atoms with Gasteiger partial charge < -0.3 is 4.74 Å². The van der Waals surface area contributed by atoms with Crippen LogP contribution in [0.2, 0.25) is 0 Å². The van der Waals surface area contributed by atoms with Gasteiger partial charge in [0.2, 0.25) is 0 Å². The van der Waals surface area contributed by atoms with Crippen molar-refractivity contribution in [2.45, 2.75) is 44.3 Å². The quantitative estimate of drug-likeness (QED) is 0.643. The average molecular weight is 241 g/mol. The SMILES string of the molecule is CCC(CC#N)SCC1(CC(=O)OC)CC1. The van der Waals surface area contributed by atoms with E-state index in [-0.39, 0.29) is 11.4 Å². The van der Waals surface area contributed by atoms with E-state index in [1.807, 2.05) is 11.8 Å². The van der Waals surface area contributed by atoms with Crippen LogP contribution in [0.3, 0.4) is 0 Å². The Kier molecular flexibility index (Phi) is 5.14. The van der Waals surface area contributed by atoms with E-state index in [0.717, 1.165) is 25.0 Å². The second kappa shape index (κ2) is 6.15. The zero-order valence-corrected chi connectivity index (χ0v) is 10.8. The molecule has 0 bridgehead atoms. The predicted molar refractivity (Wildman–Crippen MR) is 65.1 cm³/mol. The number of hydrogen-bond donors (Lipinski definition) is 0. The van der Waals surface area contributed by atoms with Gasteiger partial charge in [-0.2, -0.15) is 17.0 Å². The molecule has 0 saturated heterocycles. The van der Waals surface area contributed by atoms with E-state index in [9.17, 15) is 4.79 Å². The van der Waals surface area contributed by atoms with Crippen LogP contribution in [0.25, 0.3) is 0 Å². The molecule has 0 aromatic carbocycles. The van der Waals surface area contributed by atoms with Crippen molar-refractivity contribution in [3.05, 3.63) is 0 Å². The minimum atomic E-state index is -0.105. The van der Waals surface area contributed by atoms with Gasteiger partial charge in [0, 0.05) is 11.7 Å². The lowest BCUT2D eigenvalue weighted by molar-refractivity contribution is -0.141. The summed E-state index contributed by atoms with van der Waals surface area (Å²) >= 11 is 1.84. The number of nitrogens with zero attached hydrogens (tertiary/aromatic N) is 1. The third kappa shape index (κ3) is 4.05. The summed E-state index contributed by atoms with van der Waals surface area (Å²) in [4.78, 5) is 11.2. The number of carbonyl (C=O) groups is 1. The first-order valence-corrected chi connectivity index (χ1v) is 6.76. The Morgan fingerprint density at radius 2 is 2.31 bits per heavy atom. The maximum atomic E-state index is 11.2. The van der Waals surface area contributed by atoms with Crippen LogP contribution >= 0.6 is 11.8 Å². The molecule has 0 aromatic rings. The number of rotatable bonds is 7. The van der Waals surface area contributed by atoms with E-state index in [1.165, 1.54) is 7.11 Å². The van der Waals surface area contributed by atoms with Crippen molar-refractivity contribution >= 4 is 17.7 Å². The van der Waals surface area contributed by atoms with E-state index in [1.54, 1.807) is 0 Å². The van der Waals surface area contributed by atoms with Gasteiger partial charge in [0.15, 0.2) is 0 Å². The Morgan fingerprint density at radius 3 is 2.75 bits per heavy atom. The molecular weight excluding hydrogens is 222 g/mol. The molecule has 1 rings (SSSR count). The number of esters is 1. The van der Waals surface area contributed by atoms with Gasteiger partial charge in [0.1, 0.15) is 0 Å². The van der Waals surface area contributed by atoms with Gasteiger partial charge in [-0.15, -0.1) is 0 Å². The summed E-state index contributed by atoms with van der Waals surface area (Å²) in [6.07, 6.45) is 4.41. The van der Waals surface area contributed by atoms with Crippen molar-refractivity contribution in [2.75, 3.05) is 12.9 Å². The fourth-order valence-electron chi connectivity index (χ4n) is 1.64. The van der Waals surface area contributed by atoms with Crippen LogP contribution in [-0.4, -0.2) is 24.1 Å². The molecular formula is C12H19NO2S. The molecule has 0 aromatic heterocycles. The van der Waals surface area contributed by atoms with E-state index in [4.69, 9.17) is 10.00 Å². The number of carbonyl (C=O) groups excluding carboxylic acids is 1. The number of nitriles is 1. The largest absolute Gasteiger partial charge is 0.469 e. The van der Waals surface area contributed by atoms with E-state index < -0.39 is 0 Å². The highest BCUT2D eigenvalue weighted by atomic mass is 32.2. The molecule has 1 fully saturated rings. The third-order valence-corrected chi connectivity index (χ3v) is 4.85. The first-order chi connectivity index (χ1) is 7.65. The maximum Gasteiger partial charge on any atom is 0.306 e. The first-order valence-electron chi connectivity index (χ1n) is 5.71. The number of thioether (sulfide) groups is 1. The Bertz CT molecular complexity index is 281. The molecule has 1 aliphatic rings. The average Bonchev–Trinajstić information content (AvgIpc) is 3.04. The second-order valence-electron chi connectivity index (χ2n) is 4.46. The molecule has 1 saturated carbocycles. The highest BCUT2D eigenvalue weighted by Crippen LogP contribution is 2.52. The molecule has 1 aliphatic carbocycles. The topological polar surface area (TPSA) is 50.1 Å². The molecule has 0 spiro atoms. The fourth-order valence-corrected chi connectivity index (χ4v) is 3.05. The van der Waals surface area contributed by atoms with Gasteiger partial charge in [-0.3, -0.25) is 4.79 Å². The van der Waals surface area contributed by atoms with Gasteiger partial charge in [-0.05, 0) is 30.4 Å². The molecule has 90 valence electrons. The standard InChI is InChI=1S/C12H19NO2S/c1-3-10(4-7-13)16-9-12(5-6-12)8-11(14)15-2/h10H,3-6,8-9H2,1-2H3. The third-order valence-electron chi connectivity index (χ3n) is 3.10. The van der Waals surface area contributed by atoms with Crippen LogP contribution in [0.4, 0.5) is 0 Å². The van der Waals surface area contributed by atoms with E-state index >= 15 is 0 Å². The lowest BCUT2D eigenvalue weighted by atomic mass is 10.1. The lowest BCUT2D eigenvalue weighted by Crippen LogP contribution is -2.15. The summed E-state index contributed by atoms with van der Waals surface area (Å²) in [7, 11) is 1.44. The fraction of sp³-hybridized carbons (Fsp3) is 0.833. The predicted octanol–water partition coefficient (Wildman–Crippen LogP) is 2.76. The molecule has 0 amide bonds. The summed E-state index contributed by atoms with van der Waals surface area (Å²) in [6.45, 7) is 2.11. The molecule has 0 radical (unpaired) electrons. The maximum absolute atomic E-state index is 11.2. The van der Waals surface area contributed by atoms with Crippen LogP contribution in [0.5, 0.6) is 0 Å².